The summed E-state index contributed by atoms with van der Waals surface area (Å²) in [6, 6.07) is 7.40. The maximum atomic E-state index is 11.6. The number of hydrogen-bond donors (Lipinski definition) is 2. The van der Waals surface area contributed by atoms with Gasteiger partial charge in [0.25, 0.3) is 0 Å². The third kappa shape index (κ3) is 6.91. The highest BCUT2D eigenvalue weighted by Crippen LogP contribution is 2.14. The second-order valence-electron chi connectivity index (χ2n) is 5.44. The van der Waals surface area contributed by atoms with Crippen LogP contribution in [0.25, 0.3) is 0 Å². The van der Waals surface area contributed by atoms with Crippen LogP contribution in [0.4, 0.5) is 10.5 Å². The smallest absolute Gasteiger partial charge is 0.407 e. The van der Waals surface area contributed by atoms with Gasteiger partial charge in [-0.3, -0.25) is 0 Å². The highest BCUT2D eigenvalue weighted by Gasteiger charge is 2.17. The summed E-state index contributed by atoms with van der Waals surface area (Å²) in [5.41, 5.74) is 0.440. The first kappa shape index (κ1) is 15.6. The number of benzene rings is 1. The third-order valence-electron chi connectivity index (χ3n) is 2.20. The zero-order valence-corrected chi connectivity index (χ0v) is 12.5. The van der Waals surface area contributed by atoms with E-state index in [2.05, 4.69) is 10.6 Å². The number of alkyl carbamates (subject to hydrolysis) is 1. The summed E-state index contributed by atoms with van der Waals surface area (Å²) in [6.45, 7) is 8.01. The summed E-state index contributed by atoms with van der Waals surface area (Å²) < 4.78 is 5.18. The molecule has 1 aromatic rings. The van der Waals surface area contributed by atoms with Gasteiger partial charge in [-0.15, -0.1) is 0 Å². The van der Waals surface area contributed by atoms with E-state index in [4.69, 9.17) is 16.3 Å². The van der Waals surface area contributed by atoms with Gasteiger partial charge in [0.2, 0.25) is 0 Å². The second kappa shape index (κ2) is 6.66. The average molecular weight is 285 g/mol. The molecule has 1 amide bonds. The largest absolute Gasteiger partial charge is 0.444 e. The van der Waals surface area contributed by atoms with Gasteiger partial charge in [-0.2, -0.15) is 0 Å². The van der Waals surface area contributed by atoms with Crippen LogP contribution in [-0.2, 0) is 4.74 Å². The molecule has 1 atom stereocenters. The molecule has 0 unspecified atom stereocenters. The van der Waals surface area contributed by atoms with Crippen LogP contribution < -0.4 is 10.6 Å². The highest BCUT2D eigenvalue weighted by molar-refractivity contribution is 6.30. The van der Waals surface area contributed by atoms with Crippen molar-refractivity contribution in [1.82, 2.24) is 5.32 Å². The minimum Gasteiger partial charge on any atom is -0.444 e. The molecule has 19 heavy (non-hydrogen) atoms. The first-order valence-electron chi connectivity index (χ1n) is 6.25. The van der Waals surface area contributed by atoms with E-state index in [9.17, 15) is 4.79 Å². The predicted octanol–water partition coefficient (Wildman–Crippen LogP) is 3.67. The number of amides is 1. The van der Waals surface area contributed by atoms with Crippen LogP contribution in [0.3, 0.4) is 0 Å². The maximum Gasteiger partial charge on any atom is 0.407 e. The lowest BCUT2D eigenvalue weighted by Crippen LogP contribution is -2.40. The molecule has 1 rings (SSSR count). The van der Waals surface area contributed by atoms with Crippen molar-refractivity contribution in [3.8, 4) is 0 Å². The van der Waals surface area contributed by atoms with Crippen LogP contribution in [0.2, 0.25) is 5.02 Å². The van der Waals surface area contributed by atoms with Crippen molar-refractivity contribution in [3.63, 3.8) is 0 Å². The molecular weight excluding hydrogens is 264 g/mol. The van der Waals surface area contributed by atoms with Gasteiger partial charge in [0.05, 0.1) is 0 Å². The SMILES string of the molecule is C[C@@H](CNc1cccc(Cl)c1)NC(=O)OC(C)(C)C. The molecular formula is C14H21ClN2O2. The van der Waals surface area contributed by atoms with Gasteiger partial charge < -0.3 is 15.4 Å². The van der Waals surface area contributed by atoms with E-state index in [0.29, 0.717) is 11.6 Å². The zero-order chi connectivity index (χ0) is 14.5. The molecule has 106 valence electrons. The minimum atomic E-state index is -0.482. The average Bonchev–Trinajstić information content (AvgIpc) is 2.23. The molecule has 2 N–H and O–H groups in total. The lowest BCUT2D eigenvalue weighted by atomic mass is 10.2. The van der Waals surface area contributed by atoms with E-state index in [1.165, 1.54) is 0 Å². The Morgan fingerprint density at radius 2 is 2.11 bits per heavy atom. The first-order chi connectivity index (χ1) is 8.76. The van der Waals surface area contributed by atoms with Crippen molar-refractivity contribution >= 4 is 23.4 Å². The van der Waals surface area contributed by atoms with Crippen LogP contribution in [0, 0.1) is 0 Å². The molecule has 0 aliphatic heterocycles. The number of carbonyl (C=O) groups excluding carboxylic acids is 1. The van der Waals surface area contributed by atoms with Gasteiger partial charge in [-0.05, 0) is 45.9 Å². The standard InChI is InChI=1S/C14H21ClN2O2/c1-10(17-13(18)19-14(2,3)4)9-16-12-7-5-6-11(15)8-12/h5-8,10,16H,9H2,1-4H3,(H,17,18)/t10-/m0/s1. The molecule has 1 aromatic carbocycles. The second-order valence-corrected chi connectivity index (χ2v) is 5.87. The van der Waals surface area contributed by atoms with Gasteiger partial charge in [-0.25, -0.2) is 4.79 Å². The molecule has 4 nitrogen and oxygen atoms in total. The van der Waals surface area contributed by atoms with Gasteiger partial charge in [0.15, 0.2) is 0 Å². The molecule has 0 radical (unpaired) electrons. The molecule has 0 bridgehead atoms. The van der Waals surface area contributed by atoms with E-state index < -0.39 is 11.7 Å². The number of carbonyl (C=O) groups is 1. The van der Waals surface area contributed by atoms with Gasteiger partial charge >= 0.3 is 6.09 Å². The van der Waals surface area contributed by atoms with E-state index in [1.807, 2.05) is 52.0 Å². The van der Waals surface area contributed by atoms with Crippen LogP contribution in [0.1, 0.15) is 27.7 Å². The van der Waals surface area contributed by atoms with Crippen molar-refractivity contribution in [2.75, 3.05) is 11.9 Å². The molecule has 0 saturated heterocycles. The van der Waals surface area contributed by atoms with Crippen molar-refractivity contribution in [3.05, 3.63) is 29.3 Å². The van der Waals surface area contributed by atoms with Crippen molar-refractivity contribution in [2.24, 2.45) is 0 Å². The predicted molar refractivity (Wildman–Crippen MR) is 78.8 cm³/mol. The van der Waals surface area contributed by atoms with Gasteiger partial charge in [-0.1, -0.05) is 17.7 Å². The lowest BCUT2D eigenvalue weighted by molar-refractivity contribution is 0.0511. The molecule has 0 aromatic heterocycles. The molecule has 0 aliphatic carbocycles. The van der Waals surface area contributed by atoms with E-state index in [-0.39, 0.29) is 6.04 Å². The number of rotatable bonds is 4. The summed E-state index contributed by atoms with van der Waals surface area (Å²) in [6.07, 6.45) is -0.409. The van der Waals surface area contributed by atoms with Crippen LogP contribution >= 0.6 is 11.6 Å². The number of halogens is 1. The Morgan fingerprint density at radius 1 is 1.42 bits per heavy atom. The third-order valence-corrected chi connectivity index (χ3v) is 2.44. The van der Waals surface area contributed by atoms with Crippen molar-refractivity contribution in [2.45, 2.75) is 39.3 Å². The van der Waals surface area contributed by atoms with Gasteiger partial charge in [0, 0.05) is 23.3 Å². The Hall–Kier alpha value is -1.42. The maximum absolute atomic E-state index is 11.6. The molecule has 0 aliphatic rings. The van der Waals surface area contributed by atoms with Gasteiger partial charge in [0.1, 0.15) is 5.60 Å². The minimum absolute atomic E-state index is 0.0474. The van der Waals surface area contributed by atoms with Crippen molar-refractivity contribution < 1.29 is 9.53 Å². The fourth-order valence-electron chi connectivity index (χ4n) is 1.43. The Kier molecular flexibility index (Phi) is 5.48. The Morgan fingerprint density at radius 3 is 2.68 bits per heavy atom. The zero-order valence-electron chi connectivity index (χ0n) is 11.8. The normalized spacial score (nSPS) is 12.7. The number of nitrogens with one attached hydrogen (secondary N) is 2. The Balaban J connectivity index is 2.36. The number of anilines is 1. The van der Waals surface area contributed by atoms with E-state index in [0.717, 1.165) is 5.69 Å². The summed E-state index contributed by atoms with van der Waals surface area (Å²) in [5.74, 6) is 0. The summed E-state index contributed by atoms with van der Waals surface area (Å²) >= 11 is 5.89. The van der Waals surface area contributed by atoms with Crippen molar-refractivity contribution in [1.29, 1.82) is 0 Å². The van der Waals surface area contributed by atoms with Crippen LogP contribution in [0.5, 0.6) is 0 Å². The Bertz CT molecular complexity index is 430. The molecule has 0 fully saturated rings. The number of ether oxygens (including phenoxy) is 1. The fourth-order valence-corrected chi connectivity index (χ4v) is 1.62. The fraction of sp³-hybridized carbons (Fsp3) is 0.500. The van der Waals surface area contributed by atoms with Crippen LogP contribution in [-0.4, -0.2) is 24.3 Å². The first-order valence-corrected chi connectivity index (χ1v) is 6.63. The lowest BCUT2D eigenvalue weighted by Gasteiger charge is -2.22. The summed E-state index contributed by atoms with van der Waals surface area (Å²) in [7, 11) is 0. The molecule has 0 saturated carbocycles. The molecule has 5 heteroatoms. The summed E-state index contributed by atoms with van der Waals surface area (Å²) in [4.78, 5) is 11.6. The van der Waals surface area contributed by atoms with Crippen LogP contribution in [0.15, 0.2) is 24.3 Å². The topological polar surface area (TPSA) is 50.4 Å². The van der Waals surface area contributed by atoms with E-state index >= 15 is 0 Å². The quantitative estimate of drug-likeness (QED) is 0.887. The summed E-state index contributed by atoms with van der Waals surface area (Å²) in [5, 5.41) is 6.64. The monoisotopic (exact) mass is 284 g/mol. The molecule has 0 heterocycles. The van der Waals surface area contributed by atoms with E-state index in [1.54, 1.807) is 0 Å². The number of hydrogen-bond acceptors (Lipinski definition) is 3. The highest BCUT2D eigenvalue weighted by atomic mass is 35.5. The Labute approximate surface area is 119 Å². The molecule has 0 spiro atoms.